The van der Waals surface area contributed by atoms with Crippen LogP contribution < -0.4 is 5.73 Å². The second kappa shape index (κ2) is 6.39. The first-order chi connectivity index (χ1) is 10.1. The molecule has 21 heavy (non-hydrogen) atoms. The molecule has 0 aromatic carbocycles. The highest BCUT2D eigenvalue weighted by atomic mass is 16.5. The zero-order chi connectivity index (χ0) is 14.8. The third kappa shape index (κ3) is 3.26. The molecule has 2 N–H and O–H groups in total. The molecule has 3 heterocycles. The molecule has 1 aromatic rings. The van der Waals surface area contributed by atoms with Crippen LogP contribution >= 0.6 is 0 Å². The summed E-state index contributed by atoms with van der Waals surface area (Å²) in [5, 5.41) is 4.21. The van der Waals surface area contributed by atoms with E-state index in [-0.39, 0.29) is 18.0 Å². The van der Waals surface area contributed by atoms with Crippen molar-refractivity contribution in [3.05, 3.63) is 11.7 Å². The van der Waals surface area contributed by atoms with Crippen LogP contribution in [0.4, 0.5) is 0 Å². The summed E-state index contributed by atoms with van der Waals surface area (Å²) < 4.78 is 11.0. The Morgan fingerprint density at radius 2 is 2.14 bits per heavy atom. The van der Waals surface area contributed by atoms with Crippen molar-refractivity contribution in [1.82, 2.24) is 19.9 Å². The topological polar surface area (TPSA) is 80.7 Å². The van der Waals surface area contributed by atoms with E-state index in [9.17, 15) is 0 Å². The van der Waals surface area contributed by atoms with Crippen LogP contribution in [0.3, 0.4) is 0 Å². The lowest BCUT2D eigenvalue weighted by Gasteiger charge is -2.26. The van der Waals surface area contributed by atoms with Gasteiger partial charge in [0, 0.05) is 19.2 Å². The summed E-state index contributed by atoms with van der Waals surface area (Å²) in [6, 6.07) is 0.220. The third-order valence-electron chi connectivity index (χ3n) is 4.55. The molecule has 0 bridgehead atoms. The number of aromatic nitrogens is 2. The molecule has 0 saturated carbocycles. The molecule has 3 unspecified atom stereocenters. The molecule has 3 atom stereocenters. The summed E-state index contributed by atoms with van der Waals surface area (Å²) in [6.07, 6.45) is 2.00. The zero-order valence-electron chi connectivity index (χ0n) is 12.9. The second-order valence-corrected chi connectivity index (χ2v) is 6.24. The Bertz CT molecular complexity index is 466. The van der Waals surface area contributed by atoms with Gasteiger partial charge in [0.25, 0.3) is 0 Å². The van der Waals surface area contributed by atoms with Crippen LogP contribution in [0.2, 0.25) is 0 Å². The van der Waals surface area contributed by atoms with Gasteiger partial charge >= 0.3 is 0 Å². The van der Waals surface area contributed by atoms with E-state index in [1.165, 1.54) is 0 Å². The Balaban J connectivity index is 1.76. The Kier molecular flexibility index (Phi) is 4.54. The fraction of sp³-hybridized carbons (Fsp3) is 0.857. The number of ether oxygens (including phenoxy) is 1. The van der Waals surface area contributed by atoms with Gasteiger partial charge in [0.2, 0.25) is 5.89 Å². The highest BCUT2D eigenvalue weighted by Crippen LogP contribution is 2.26. The first-order valence-electron chi connectivity index (χ1n) is 7.70. The van der Waals surface area contributed by atoms with Gasteiger partial charge < -0.3 is 19.9 Å². The number of hydrogen-bond acceptors (Lipinski definition) is 7. The van der Waals surface area contributed by atoms with Crippen LogP contribution in [-0.2, 0) is 4.74 Å². The lowest BCUT2D eigenvalue weighted by molar-refractivity contribution is 0.0590. The van der Waals surface area contributed by atoms with Gasteiger partial charge in [-0.2, -0.15) is 4.98 Å². The summed E-state index contributed by atoms with van der Waals surface area (Å²) in [5.74, 6) is 1.41. The maximum absolute atomic E-state index is 6.15. The van der Waals surface area contributed by atoms with Crippen molar-refractivity contribution in [2.75, 3.05) is 46.9 Å². The van der Waals surface area contributed by atoms with Crippen LogP contribution in [0.5, 0.6) is 0 Å². The number of rotatable bonds is 2. The van der Waals surface area contributed by atoms with Crippen molar-refractivity contribution in [1.29, 1.82) is 0 Å². The molecular formula is C14H25N5O2. The Morgan fingerprint density at radius 1 is 1.29 bits per heavy atom. The van der Waals surface area contributed by atoms with Crippen LogP contribution in [0, 0.1) is 0 Å². The Labute approximate surface area is 125 Å². The van der Waals surface area contributed by atoms with Gasteiger partial charge in [-0.3, -0.25) is 4.90 Å². The van der Waals surface area contributed by atoms with Crippen LogP contribution in [0.1, 0.15) is 36.5 Å². The van der Waals surface area contributed by atoms with Crippen LogP contribution in [0.25, 0.3) is 0 Å². The highest BCUT2D eigenvalue weighted by molar-refractivity contribution is 5.04. The third-order valence-corrected chi connectivity index (χ3v) is 4.55. The lowest BCUT2D eigenvalue weighted by atomic mass is 9.97. The first kappa shape index (κ1) is 14.9. The van der Waals surface area contributed by atoms with E-state index in [2.05, 4.69) is 34.0 Å². The molecule has 118 valence electrons. The minimum Gasteiger partial charge on any atom is -0.381 e. The minimum atomic E-state index is 0.0220. The van der Waals surface area contributed by atoms with Crippen molar-refractivity contribution >= 4 is 0 Å². The number of nitrogens with two attached hydrogens (primary N) is 1. The SMILES string of the molecule is CN1CCCN(C)C(c2noc(C3COCCC3N)n2)C1. The molecule has 2 saturated heterocycles. The molecule has 7 heteroatoms. The molecule has 0 amide bonds. The molecule has 7 nitrogen and oxygen atoms in total. The molecule has 3 rings (SSSR count). The van der Waals surface area contributed by atoms with Crippen molar-refractivity contribution < 1.29 is 9.26 Å². The smallest absolute Gasteiger partial charge is 0.233 e. The molecule has 2 aliphatic rings. The van der Waals surface area contributed by atoms with Crippen LogP contribution in [-0.4, -0.2) is 72.9 Å². The quantitative estimate of drug-likeness (QED) is 0.835. The molecule has 0 spiro atoms. The molecule has 2 fully saturated rings. The van der Waals surface area contributed by atoms with Crippen molar-refractivity contribution in [2.45, 2.75) is 30.8 Å². The molecular weight excluding hydrogens is 270 g/mol. The molecule has 0 aliphatic carbocycles. The second-order valence-electron chi connectivity index (χ2n) is 6.24. The van der Waals surface area contributed by atoms with E-state index in [1.807, 2.05) is 0 Å². The average molecular weight is 295 g/mol. The molecule has 2 aliphatic heterocycles. The monoisotopic (exact) mass is 295 g/mol. The highest BCUT2D eigenvalue weighted by Gasteiger charge is 2.32. The standard InChI is InChI=1S/C14H25N5O2/c1-18-5-3-6-19(2)12(8-18)13-16-14(21-17-13)10-9-20-7-4-11(10)15/h10-12H,3-9,15H2,1-2H3. The Morgan fingerprint density at radius 3 is 2.95 bits per heavy atom. The molecule has 1 aromatic heterocycles. The summed E-state index contributed by atoms with van der Waals surface area (Å²) in [5.41, 5.74) is 6.15. The predicted molar refractivity (Wildman–Crippen MR) is 77.9 cm³/mol. The maximum Gasteiger partial charge on any atom is 0.233 e. The van der Waals surface area contributed by atoms with E-state index in [0.29, 0.717) is 12.5 Å². The average Bonchev–Trinajstić information content (AvgIpc) is 2.88. The van der Waals surface area contributed by atoms with Gasteiger partial charge in [-0.15, -0.1) is 0 Å². The van der Waals surface area contributed by atoms with Gasteiger partial charge in [-0.05, 0) is 40.0 Å². The van der Waals surface area contributed by atoms with E-state index in [1.54, 1.807) is 0 Å². The van der Waals surface area contributed by atoms with Gasteiger partial charge in [0.05, 0.1) is 18.6 Å². The number of likely N-dealkylation sites (N-methyl/N-ethyl adjacent to an activating group) is 2. The normalized spacial score (nSPS) is 33.0. The fourth-order valence-corrected chi connectivity index (χ4v) is 3.09. The van der Waals surface area contributed by atoms with Crippen LogP contribution in [0.15, 0.2) is 4.52 Å². The summed E-state index contributed by atoms with van der Waals surface area (Å²) in [6.45, 7) is 4.36. The minimum absolute atomic E-state index is 0.0220. The zero-order valence-corrected chi connectivity index (χ0v) is 12.9. The largest absolute Gasteiger partial charge is 0.381 e. The molecule has 0 radical (unpaired) electrons. The van der Waals surface area contributed by atoms with E-state index in [0.717, 1.165) is 44.9 Å². The van der Waals surface area contributed by atoms with Crippen molar-refractivity contribution in [3.8, 4) is 0 Å². The maximum atomic E-state index is 6.15. The van der Waals surface area contributed by atoms with Crippen molar-refractivity contribution in [3.63, 3.8) is 0 Å². The van der Waals surface area contributed by atoms with Crippen molar-refractivity contribution in [2.24, 2.45) is 5.73 Å². The summed E-state index contributed by atoms with van der Waals surface area (Å²) >= 11 is 0. The number of hydrogen-bond donors (Lipinski definition) is 1. The lowest BCUT2D eigenvalue weighted by Crippen LogP contribution is -2.37. The van der Waals surface area contributed by atoms with Gasteiger partial charge in [-0.25, -0.2) is 0 Å². The summed E-state index contributed by atoms with van der Waals surface area (Å²) in [4.78, 5) is 9.25. The van der Waals surface area contributed by atoms with E-state index >= 15 is 0 Å². The van der Waals surface area contributed by atoms with E-state index in [4.69, 9.17) is 15.0 Å². The number of nitrogens with zero attached hydrogens (tertiary/aromatic N) is 4. The summed E-state index contributed by atoms with van der Waals surface area (Å²) in [7, 11) is 4.26. The van der Waals surface area contributed by atoms with Gasteiger partial charge in [0.1, 0.15) is 0 Å². The van der Waals surface area contributed by atoms with Gasteiger partial charge in [-0.1, -0.05) is 5.16 Å². The fourth-order valence-electron chi connectivity index (χ4n) is 3.09. The van der Waals surface area contributed by atoms with E-state index < -0.39 is 0 Å². The first-order valence-corrected chi connectivity index (χ1v) is 7.70. The van der Waals surface area contributed by atoms with Gasteiger partial charge in [0.15, 0.2) is 5.82 Å². The predicted octanol–water partition coefficient (Wildman–Crippen LogP) is 0.209. The Hall–Kier alpha value is -1.02.